The normalized spacial score (nSPS) is 20.1. The number of benzene rings is 1. The van der Waals surface area contributed by atoms with E-state index in [0.29, 0.717) is 11.8 Å². The number of rotatable bonds is 2. The van der Waals surface area contributed by atoms with Crippen molar-refractivity contribution in [2.45, 2.75) is 39.2 Å². The summed E-state index contributed by atoms with van der Waals surface area (Å²) in [6, 6.07) is 6.35. The van der Waals surface area contributed by atoms with E-state index in [1.165, 1.54) is 17.5 Å². The van der Waals surface area contributed by atoms with Crippen LogP contribution in [0.5, 0.6) is 0 Å². The molecule has 1 heteroatoms. The molecule has 0 radical (unpaired) electrons. The first-order chi connectivity index (χ1) is 6.74. The minimum absolute atomic E-state index is 0.188. The van der Waals surface area contributed by atoms with Gasteiger partial charge < -0.3 is 5.11 Å². The van der Waals surface area contributed by atoms with Gasteiger partial charge in [0.25, 0.3) is 0 Å². The fourth-order valence-electron chi connectivity index (χ4n) is 2.60. The van der Waals surface area contributed by atoms with Crippen LogP contribution < -0.4 is 0 Å². The second-order valence-electron chi connectivity index (χ2n) is 4.53. The van der Waals surface area contributed by atoms with Gasteiger partial charge in [-0.15, -0.1) is 0 Å². The van der Waals surface area contributed by atoms with Crippen LogP contribution in [-0.2, 0) is 13.0 Å². The summed E-state index contributed by atoms with van der Waals surface area (Å²) < 4.78 is 0. The Morgan fingerprint density at radius 2 is 2.21 bits per heavy atom. The smallest absolute Gasteiger partial charge is 0.0684 e. The van der Waals surface area contributed by atoms with Gasteiger partial charge in [-0.05, 0) is 41.4 Å². The molecule has 0 aliphatic heterocycles. The molecule has 0 amide bonds. The lowest BCUT2D eigenvalue weighted by atomic mass is 9.89. The predicted octanol–water partition coefficient (Wildman–Crippen LogP) is 2.86. The SMILES string of the molecule is CC(C)C1CCc2c(CO)cccc21. The third-order valence-electron chi connectivity index (χ3n) is 3.39. The van der Waals surface area contributed by atoms with Gasteiger partial charge in [0.1, 0.15) is 0 Å². The van der Waals surface area contributed by atoms with Crippen LogP contribution in [0.3, 0.4) is 0 Å². The van der Waals surface area contributed by atoms with Crippen LogP contribution >= 0.6 is 0 Å². The van der Waals surface area contributed by atoms with Gasteiger partial charge in [0, 0.05) is 0 Å². The molecule has 0 fully saturated rings. The second kappa shape index (κ2) is 3.74. The lowest BCUT2D eigenvalue weighted by Crippen LogP contribution is -2.02. The molecule has 1 atom stereocenters. The molecule has 1 aliphatic carbocycles. The molecule has 14 heavy (non-hydrogen) atoms. The first-order valence-corrected chi connectivity index (χ1v) is 5.45. The molecule has 2 rings (SSSR count). The van der Waals surface area contributed by atoms with Crippen LogP contribution in [0.2, 0.25) is 0 Å². The molecular weight excluding hydrogens is 172 g/mol. The molecule has 0 aromatic heterocycles. The molecule has 1 nitrogen and oxygen atoms in total. The molecule has 1 aromatic rings. The van der Waals surface area contributed by atoms with Gasteiger partial charge in [0.05, 0.1) is 6.61 Å². The summed E-state index contributed by atoms with van der Waals surface area (Å²) in [5, 5.41) is 9.23. The first-order valence-electron chi connectivity index (χ1n) is 5.45. The Labute approximate surface area is 85.8 Å². The van der Waals surface area contributed by atoms with Gasteiger partial charge in [-0.1, -0.05) is 32.0 Å². The number of aliphatic hydroxyl groups is 1. The average Bonchev–Trinajstić information content (AvgIpc) is 2.60. The highest BCUT2D eigenvalue weighted by atomic mass is 16.3. The van der Waals surface area contributed by atoms with Crippen molar-refractivity contribution in [3.05, 3.63) is 34.9 Å². The van der Waals surface area contributed by atoms with Crippen LogP contribution in [0.1, 0.15) is 42.9 Å². The fourth-order valence-corrected chi connectivity index (χ4v) is 2.60. The quantitative estimate of drug-likeness (QED) is 0.760. The zero-order valence-corrected chi connectivity index (χ0v) is 8.96. The highest BCUT2D eigenvalue weighted by Gasteiger charge is 2.26. The Balaban J connectivity index is 2.41. The highest BCUT2D eigenvalue weighted by molar-refractivity contribution is 5.41. The summed E-state index contributed by atoms with van der Waals surface area (Å²) in [5.74, 6) is 1.42. The first kappa shape index (κ1) is 9.72. The molecule has 0 heterocycles. The van der Waals surface area contributed by atoms with Gasteiger partial charge in [-0.25, -0.2) is 0 Å². The van der Waals surface area contributed by atoms with Gasteiger partial charge in [0.15, 0.2) is 0 Å². The van der Waals surface area contributed by atoms with Crippen molar-refractivity contribution in [3.63, 3.8) is 0 Å². The van der Waals surface area contributed by atoms with Crippen molar-refractivity contribution in [1.82, 2.24) is 0 Å². The molecule has 0 spiro atoms. The van der Waals surface area contributed by atoms with E-state index in [0.717, 1.165) is 12.0 Å². The molecule has 1 N–H and O–H groups in total. The number of hydrogen-bond acceptors (Lipinski definition) is 1. The van der Waals surface area contributed by atoms with Crippen LogP contribution in [0.25, 0.3) is 0 Å². The van der Waals surface area contributed by atoms with Gasteiger partial charge in [-0.3, -0.25) is 0 Å². The van der Waals surface area contributed by atoms with Crippen molar-refractivity contribution >= 4 is 0 Å². The Bertz CT molecular complexity index is 328. The molecule has 1 unspecified atom stereocenters. The van der Waals surface area contributed by atoms with Crippen molar-refractivity contribution in [1.29, 1.82) is 0 Å². The van der Waals surface area contributed by atoms with Gasteiger partial charge in [-0.2, -0.15) is 0 Å². The summed E-state index contributed by atoms with van der Waals surface area (Å²) in [6.07, 6.45) is 2.40. The van der Waals surface area contributed by atoms with Crippen molar-refractivity contribution in [2.24, 2.45) is 5.92 Å². The topological polar surface area (TPSA) is 20.2 Å². The van der Waals surface area contributed by atoms with Crippen LogP contribution in [0.15, 0.2) is 18.2 Å². The van der Waals surface area contributed by atoms with Crippen molar-refractivity contribution in [3.8, 4) is 0 Å². The van der Waals surface area contributed by atoms with E-state index in [4.69, 9.17) is 0 Å². The molecule has 0 saturated heterocycles. The van der Waals surface area contributed by atoms with Gasteiger partial charge >= 0.3 is 0 Å². The fraction of sp³-hybridized carbons (Fsp3) is 0.538. The predicted molar refractivity (Wildman–Crippen MR) is 58.3 cm³/mol. The average molecular weight is 190 g/mol. The number of hydrogen-bond donors (Lipinski definition) is 1. The molecule has 0 saturated carbocycles. The third kappa shape index (κ3) is 1.46. The molecule has 76 valence electrons. The van der Waals surface area contributed by atoms with Gasteiger partial charge in [0.2, 0.25) is 0 Å². The summed E-state index contributed by atoms with van der Waals surface area (Å²) >= 11 is 0. The molecular formula is C13H18O. The van der Waals surface area contributed by atoms with E-state index in [2.05, 4.69) is 26.0 Å². The van der Waals surface area contributed by atoms with Crippen LogP contribution in [0, 0.1) is 5.92 Å². The summed E-state index contributed by atoms with van der Waals surface area (Å²) in [5.41, 5.74) is 4.02. The Morgan fingerprint density at radius 1 is 1.43 bits per heavy atom. The summed E-state index contributed by atoms with van der Waals surface area (Å²) in [4.78, 5) is 0. The maximum atomic E-state index is 9.23. The zero-order valence-electron chi connectivity index (χ0n) is 8.96. The van der Waals surface area contributed by atoms with Crippen molar-refractivity contribution < 1.29 is 5.11 Å². The standard InChI is InChI=1S/C13H18O/c1-9(2)11-6-7-12-10(8-14)4-3-5-13(11)12/h3-5,9,11,14H,6-8H2,1-2H3. The summed E-state index contributed by atoms with van der Waals surface area (Å²) in [6.45, 7) is 4.75. The van der Waals surface area contributed by atoms with E-state index in [1.807, 2.05) is 6.07 Å². The maximum Gasteiger partial charge on any atom is 0.0684 e. The minimum atomic E-state index is 0.188. The van der Waals surface area contributed by atoms with Crippen molar-refractivity contribution in [2.75, 3.05) is 0 Å². The van der Waals surface area contributed by atoms with Crippen LogP contribution in [-0.4, -0.2) is 5.11 Å². The highest BCUT2D eigenvalue weighted by Crippen LogP contribution is 2.39. The zero-order chi connectivity index (χ0) is 10.1. The lowest BCUT2D eigenvalue weighted by Gasteiger charge is -2.16. The largest absolute Gasteiger partial charge is 0.392 e. The Kier molecular flexibility index (Phi) is 2.60. The number of aliphatic hydroxyl groups excluding tert-OH is 1. The molecule has 0 bridgehead atoms. The molecule has 1 aromatic carbocycles. The van der Waals surface area contributed by atoms with E-state index in [-0.39, 0.29) is 6.61 Å². The number of fused-ring (bicyclic) bond motifs is 1. The van der Waals surface area contributed by atoms with E-state index < -0.39 is 0 Å². The Hall–Kier alpha value is -0.820. The lowest BCUT2D eigenvalue weighted by molar-refractivity contribution is 0.280. The monoisotopic (exact) mass is 190 g/mol. The minimum Gasteiger partial charge on any atom is -0.392 e. The summed E-state index contributed by atoms with van der Waals surface area (Å²) in [7, 11) is 0. The van der Waals surface area contributed by atoms with Crippen LogP contribution in [0.4, 0.5) is 0 Å². The van der Waals surface area contributed by atoms with E-state index in [1.54, 1.807) is 0 Å². The van der Waals surface area contributed by atoms with E-state index in [9.17, 15) is 5.11 Å². The maximum absolute atomic E-state index is 9.23. The van der Waals surface area contributed by atoms with E-state index >= 15 is 0 Å². The second-order valence-corrected chi connectivity index (χ2v) is 4.53. The third-order valence-corrected chi connectivity index (χ3v) is 3.39. The Morgan fingerprint density at radius 3 is 2.86 bits per heavy atom. The molecule has 1 aliphatic rings.